The third-order valence-corrected chi connectivity index (χ3v) is 12.8. The molecule has 1 fully saturated rings. The predicted octanol–water partition coefficient (Wildman–Crippen LogP) is 8.63. The summed E-state index contributed by atoms with van der Waals surface area (Å²) >= 11 is 0. The summed E-state index contributed by atoms with van der Waals surface area (Å²) in [6.45, 7) is 1.81. The van der Waals surface area contributed by atoms with Crippen molar-refractivity contribution in [2.75, 3.05) is 25.6 Å². The number of ether oxygens (including phenoxy) is 3. The van der Waals surface area contributed by atoms with E-state index in [-0.39, 0.29) is 18.7 Å². The summed E-state index contributed by atoms with van der Waals surface area (Å²) in [5, 5.41) is 30.9. The number of nitrogens with two attached hydrogens (primary N) is 1. The molecule has 19 nitrogen and oxygen atoms in total. The molecule has 7 N–H and O–H groups in total. The highest BCUT2D eigenvalue weighted by molar-refractivity contribution is 7.61. The fourth-order valence-corrected chi connectivity index (χ4v) is 8.55. The highest BCUT2D eigenvalue weighted by atomic mass is 31.3. The maximum absolute atomic E-state index is 12.8. The van der Waals surface area contributed by atoms with E-state index in [2.05, 4.69) is 59.6 Å². The average Bonchev–Trinajstić information content (AvgIpc) is 3.60. The quantitative estimate of drug-likeness (QED) is 0.0119. The van der Waals surface area contributed by atoms with Crippen LogP contribution in [-0.4, -0.2) is 96.9 Å². The molecule has 1 aliphatic rings. The van der Waals surface area contributed by atoms with Gasteiger partial charge in [-0.25, -0.2) is 13.9 Å². The lowest BCUT2D eigenvalue weighted by Gasteiger charge is -2.21. The minimum absolute atomic E-state index is 0.00255. The van der Waals surface area contributed by atoms with Gasteiger partial charge in [0.2, 0.25) is 0 Å². The molecule has 1 aromatic heterocycles. The maximum Gasteiger partial charge on any atom is 0.481 e. The first kappa shape index (κ1) is 62.8. The fourth-order valence-electron chi connectivity index (χ4n) is 6.44. The predicted molar refractivity (Wildman–Crippen MR) is 271 cm³/mol. The SMILES string of the molecule is CC/C=C\C/C=C\CC(O)/C=C/C=C\C/C=C\CCCC(=O)OC[C@H](COP(=O)(O)OP(=O)(O)OC[C@H]1O[C@@H](n2ccc(N)nc2=O)[C@H](O)[C@@H]1O)OC(=O)CCCC/C=C\C/C=C\C/C=C\CCCCC. The van der Waals surface area contributed by atoms with Crippen LogP contribution >= 0.6 is 15.6 Å². The Morgan fingerprint density at radius 1 is 0.761 bits per heavy atom. The molecular weight excluding hydrogens is 961 g/mol. The molecule has 0 bridgehead atoms. The summed E-state index contributed by atoms with van der Waals surface area (Å²) in [6.07, 6.45) is 36.8. The van der Waals surface area contributed by atoms with Crippen molar-refractivity contribution in [1.82, 2.24) is 9.55 Å². The topological polar surface area (TPSA) is 286 Å². The fraction of sp³-hybridized carbons (Fsp3) is 0.560. The van der Waals surface area contributed by atoms with E-state index >= 15 is 0 Å². The number of carbonyl (C=O) groups is 2. The van der Waals surface area contributed by atoms with Gasteiger partial charge in [-0.1, -0.05) is 124 Å². The minimum Gasteiger partial charge on any atom is -0.462 e. The monoisotopic (exact) mass is 1040 g/mol. The lowest BCUT2D eigenvalue weighted by atomic mass is 10.1. The van der Waals surface area contributed by atoms with Crippen molar-refractivity contribution in [2.45, 2.75) is 160 Å². The minimum atomic E-state index is -5.46. The Balaban J connectivity index is 1.88. The second-order valence-electron chi connectivity index (χ2n) is 16.4. The first-order valence-electron chi connectivity index (χ1n) is 24.4. The molecule has 1 aromatic rings. The van der Waals surface area contributed by atoms with Crippen molar-refractivity contribution in [3.8, 4) is 0 Å². The molecule has 0 amide bonds. The van der Waals surface area contributed by atoms with Gasteiger partial charge >= 0.3 is 33.3 Å². The number of unbranched alkanes of at least 4 members (excludes halogenated alkanes) is 6. The standard InChI is InChI=1S/C50H77N3O16P2/c1-3-5-7-9-11-12-13-14-15-16-17-18-23-27-31-35-46(56)67-42(38-64-45(55)34-30-26-22-20-19-21-25-29-33-41(54)32-28-24-10-8-6-4-2)39-65-70(60,61)69-71(62,63)66-40-43-47(57)48(58)49(68-43)53-37-36-44(51)52-50(53)59/h6,8,11-12,14-15,17-18,20-22,24-25,28-29,33,36-37,41-43,47-49,54,57-58H,3-5,7,9-10,13,16,19,23,26-27,30-32,34-35,38-40H2,1-2H3,(H,60,61)(H,62,63)(H2,51,52,59)/b8-6-,12-11-,15-14-,18-17-,22-20-,25-21-,28-24-,33-29+/t41?,42-,43-,47-,48-,49-/m1/s1. The first-order chi connectivity index (χ1) is 34.1. The number of carbonyl (C=O) groups excluding carboxylic acids is 2. The van der Waals surface area contributed by atoms with Crippen LogP contribution in [-0.2, 0) is 46.3 Å². The molecule has 8 atom stereocenters. The molecule has 398 valence electrons. The molecular formula is C50H77N3O16P2. The number of hydrogen-bond acceptors (Lipinski definition) is 16. The van der Waals surface area contributed by atoms with Crippen LogP contribution in [0.25, 0.3) is 0 Å². The summed E-state index contributed by atoms with van der Waals surface area (Å²) in [5.74, 6) is -1.47. The first-order valence-corrected chi connectivity index (χ1v) is 27.3. The number of esters is 2. The highest BCUT2D eigenvalue weighted by Crippen LogP contribution is 2.60. The number of rotatable bonds is 38. The Hall–Kier alpha value is -4.36. The molecule has 0 spiro atoms. The zero-order valence-corrected chi connectivity index (χ0v) is 42.9. The summed E-state index contributed by atoms with van der Waals surface area (Å²) in [7, 11) is -10.9. The van der Waals surface area contributed by atoms with Crippen LogP contribution in [0.3, 0.4) is 0 Å². The molecule has 71 heavy (non-hydrogen) atoms. The number of aliphatic hydroxyl groups excluding tert-OH is 3. The van der Waals surface area contributed by atoms with Gasteiger partial charge in [-0.2, -0.15) is 9.29 Å². The number of nitrogens with zero attached hydrogens (tertiary/aromatic N) is 2. The molecule has 0 saturated carbocycles. The molecule has 0 aliphatic carbocycles. The second-order valence-corrected chi connectivity index (χ2v) is 19.5. The van der Waals surface area contributed by atoms with Crippen molar-refractivity contribution >= 4 is 33.4 Å². The van der Waals surface area contributed by atoms with Crippen LogP contribution < -0.4 is 11.4 Å². The van der Waals surface area contributed by atoms with Crippen molar-refractivity contribution in [3.05, 3.63) is 120 Å². The van der Waals surface area contributed by atoms with Crippen molar-refractivity contribution < 1.29 is 71.4 Å². The summed E-state index contributed by atoms with van der Waals surface area (Å²) in [5.41, 5.74) is 4.57. The van der Waals surface area contributed by atoms with Crippen molar-refractivity contribution in [1.29, 1.82) is 0 Å². The van der Waals surface area contributed by atoms with E-state index in [9.17, 15) is 48.6 Å². The summed E-state index contributed by atoms with van der Waals surface area (Å²) < 4.78 is 56.5. The number of phosphoric ester groups is 2. The molecule has 0 aromatic carbocycles. The van der Waals surface area contributed by atoms with E-state index in [1.807, 2.05) is 48.6 Å². The molecule has 1 saturated heterocycles. The van der Waals surface area contributed by atoms with Gasteiger partial charge in [-0.05, 0) is 89.5 Å². The van der Waals surface area contributed by atoms with Gasteiger partial charge in [-0.15, -0.1) is 0 Å². The van der Waals surface area contributed by atoms with Crippen LogP contribution in [0.5, 0.6) is 0 Å². The van der Waals surface area contributed by atoms with E-state index in [0.717, 1.165) is 42.9 Å². The smallest absolute Gasteiger partial charge is 0.462 e. The van der Waals surface area contributed by atoms with Crippen LogP contribution in [0.1, 0.15) is 129 Å². The molecule has 2 rings (SSSR count). The Bertz CT molecular complexity index is 2080. The summed E-state index contributed by atoms with van der Waals surface area (Å²) in [4.78, 5) is 61.8. The number of nitrogen functional groups attached to an aromatic ring is 1. The third-order valence-electron chi connectivity index (χ3n) is 10.2. The Morgan fingerprint density at radius 3 is 2.01 bits per heavy atom. The molecule has 3 unspecified atom stereocenters. The number of hydrogen-bond donors (Lipinski definition) is 6. The van der Waals surface area contributed by atoms with E-state index in [4.69, 9.17) is 29.0 Å². The van der Waals surface area contributed by atoms with Crippen LogP contribution in [0, 0.1) is 0 Å². The lowest BCUT2D eigenvalue weighted by molar-refractivity contribution is -0.161. The van der Waals surface area contributed by atoms with E-state index in [0.29, 0.717) is 44.9 Å². The van der Waals surface area contributed by atoms with Gasteiger partial charge in [0.15, 0.2) is 12.3 Å². The number of allylic oxidation sites excluding steroid dienone is 14. The van der Waals surface area contributed by atoms with Gasteiger partial charge in [0, 0.05) is 19.0 Å². The van der Waals surface area contributed by atoms with Crippen LogP contribution in [0.2, 0.25) is 0 Å². The maximum atomic E-state index is 12.8. The second kappa shape index (κ2) is 37.4. The molecule has 0 radical (unpaired) electrons. The number of aliphatic hydroxyl groups is 3. The van der Waals surface area contributed by atoms with E-state index < -0.39 is 89.8 Å². The molecule has 2 heterocycles. The van der Waals surface area contributed by atoms with Gasteiger partial charge < -0.3 is 45.1 Å². The average molecular weight is 1040 g/mol. The zero-order chi connectivity index (χ0) is 52.2. The van der Waals surface area contributed by atoms with Gasteiger partial charge in [0.25, 0.3) is 0 Å². The molecule has 21 heteroatoms. The molecule has 1 aliphatic heterocycles. The largest absolute Gasteiger partial charge is 0.481 e. The third kappa shape index (κ3) is 30.3. The normalized spacial score (nSPS) is 20.4. The Kier molecular flexibility index (Phi) is 33.1. The Labute approximate surface area is 418 Å². The van der Waals surface area contributed by atoms with Crippen LogP contribution in [0.15, 0.2) is 114 Å². The van der Waals surface area contributed by atoms with Crippen molar-refractivity contribution in [2.24, 2.45) is 0 Å². The van der Waals surface area contributed by atoms with Crippen molar-refractivity contribution in [3.63, 3.8) is 0 Å². The lowest BCUT2D eigenvalue weighted by Crippen LogP contribution is -2.36. The van der Waals surface area contributed by atoms with Gasteiger partial charge in [0.05, 0.1) is 19.3 Å². The van der Waals surface area contributed by atoms with Gasteiger partial charge in [0.1, 0.15) is 30.7 Å². The van der Waals surface area contributed by atoms with Gasteiger partial charge in [-0.3, -0.25) is 23.2 Å². The zero-order valence-electron chi connectivity index (χ0n) is 41.1. The number of anilines is 1. The number of aromatic nitrogens is 2. The van der Waals surface area contributed by atoms with E-state index in [1.165, 1.54) is 25.3 Å². The van der Waals surface area contributed by atoms with E-state index in [1.54, 1.807) is 12.2 Å². The summed E-state index contributed by atoms with van der Waals surface area (Å²) in [6, 6.07) is 1.24. The number of phosphoric acid groups is 2. The van der Waals surface area contributed by atoms with Crippen LogP contribution in [0.4, 0.5) is 5.82 Å². The highest BCUT2D eigenvalue weighted by Gasteiger charge is 2.46. The Morgan fingerprint density at radius 2 is 1.35 bits per heavy atom.